The molecule has 2 aromatic heterocycles. The van der Waals surface area contributed by atoms with Crippen molar-refractivity contribution in [1.29, 1.82) is 0 Å². The number of pyridine rings is 1. The highest BCUT2D eigenvalue weighted by Gasteiger charge is 2.19. The summed E-state index contributed by atoms with van der Waals surface area (Å²) in [7, 11) is 1.70. The number of aromatic nitrogens is 3. The van der Waals surface area contributed by atoms with Crippen molar-refractivity contribution in [1.82, 2.24) is 19.9 Å². The minimum atomic E-state index is -0.440. The molecule has 1 atom stereocenters. The van der Waals surface area contributed by atoms with Crippen molar-refractivity contribution >= 4 is 5.91 Å². The number of carbonyl (C=O) groups excluding carboxylic acids is 1. The Balaban J connectivity index is 1.62. The molecule has 7 heteroatoms. The molecule has 132 valence electrons. The fraction of sp³-hybridized carbons (Fsp3) is 0.444. The highest BCUT2D eigenvalue weighted by Crippen LogP contribution is 2.17. The number of carbonyl (C=O) groups is 1. The highest BCUT2D eigenvalue weighted by molar-refractivity contribution is 5.93. The lowest BCUT2D eigenvalue weighted by atomic mass is 10.1. The second-order valence-electron chi connectivity index (χ2n) is 6.22. The van der Waals surface area contributed by atoms with Gasteiger partial charge in [-0.3, -0.25) is 14.6 Å². The van der Waals surface area contributed by atoms with Gasteiger partial charge in [0.05, 0.1) is 6.10 Å². The van der Waals surface area contributed by atoms with Crippen LogP contribution in [0.3, 0.4) is 0 Å². The van der Waals surface area contributed by atoms with E-state index in [0.29, 0.717) is 24.0 Å². The van der Waals surface area contributed by atoms with Gasteiger partial charge in [0, 0.05) is 44.4 Å². The summed E-state index contributed by atoms with van der Waals surface area (Å²) in [6.45, 7) is 1.42. The molecule has 1 N–H and O–H groups in total. The first-order valence-electron chi connectivity index (χ1n) is 8.52. The van der Waals surface area contributed by atoms with Crippen LogP contribution in [0, 0.1) is 0 Å². The first-order chi connectivity index (χ1) is 12.1. The number of amides is 1. The normalized spacial score (nSPS) is 16.8. The maximum Gasteiger partial charge on any atom is 0.264 e. The van der Waals surface area contributed by atoms with Crippen molar-refractivity contribution in [2.75, 3.05) is 20.2 Å². The fourth-order valence-electron chi connectivity index (χ4n) is 2.93. The molecule has 25 heavy (non-hydrogen) atoms. The van der Waals surface area contributed by atoms with Gasteiger partial charge in [0.15, 0.2) is 0 Å². The summed E-state index contributed by atoms with van der Waals surface area (Å²) in [6, 6.07) is 3.56. The predicted octanol–water partition coefficient (Wildman–Crippen LogP) is 1.86. The fourth-order valence-corrected chi connectivity index (χ4v) is 2.93. The number of nitrogens with zero attached hydrogens (tertiary/aromatic N) is 3. The number of hydrogen-bond donors (Lipinski definition) is 1. The zero-order valence-corrected chi connectivity index (χ0v) is 14.3. The maximum atomic E-state index is 12.5. The van der Waals surface area contributed by atoms with E-state index in [2.05, 4.69) is 15.0 Å². The topological polar surface area (TPSA) is 88.2 Å². The van der Waals surface area contributed by atoms with Crippen molar-refractivity contribution in [3.05, 3.63) is 46.6 Å². The third kappa shape index (κ3) is 4.30. The molecule has 2 aromatic rings. The van der Waals surface area contributed by atoms with Crippen LogP contribution >= 0.6 is 0 Å². The van der Waals surface area contributed by atoms with E-state index in [1.165, 1.54) is 6.20 Å². The Hall–Kier alpha value is -2.54. The van der Waals surface area contributed by atoms with Crippen LogP contribution in [0.25, 0.3) is 11.4 Å². The Morgan fingerprint density at radius 2 is 2.32 bits per heavy atom. The van der Waals surface area contributed by atoms with Gasteiger partial charge < -0.3 is 14.6 Å². The molecule has 1 aliphatic rings. The molecule has 0 spiro atoms. The second kappa shape index (κ2) is 8.02. The molecule has 0 aliphatic carbocycles. The third-order valence-electron chi connectivity index (χ3n) is 4.35. The number of hydrogen-bond acceptors (Lipinski definition) is 5. The van der Waals surface area contributed by atoms with Crippen LogP contribution in [0.1, 0.15) is 36.0 Å². The van der Waals surface area contributed by atoms with E-state index in [9.17, 15) is 9.59 Å². The first-order valence-corrected chi connectivity index (χ1v) is 8.52. The van der Waals surface area contributed by atoms with Gasteiger partial charge in [-0.2, -0.15) is 0 Å². The SMILES string of the molecule is CN(CCC[C@@H]1CCCO1)C(=O)c1cnc(-c2cccnc2)[nH]c1=O. The molecule has 0 aromatic carbocycles. The average Bonchev–Trinajstić information content (AvgIpc) is 3.15. The number of aromatic amines is 1. The number of H-pyrrole nitrogens is 1. The quantitative estimate of drug-likeness (QED) is 0.866. The van der Waals surface area contributed by atoms with Crippen LogP contribution in [0.4, 0.5) is 0 Å². The molecule has 0 unspecified atom stereocenters. The second-order valence-corrected chi connectivity index (χ2v) is 6.22. The molecule has 0 bridgehead atoms. The third-order valence-corrected chi connectivity index (χ3v) is 4.35. The van der Waals surface area contributed by atoms with Crippen LogP contribution in [0.15, 0.2) is 35.5 Å². The van der Waals surface area contributed by atoms with E-state index in [1.54, 1.807) is 36.5 Å². The van der Waals surface area contributed by atoms with Crippen molar-refractivity contribution in [2.24, 2.45) is 0 Å². The number of rotatable bonds is 6. The predicted molar refractivity (Wildman–Crippen MR) is 93.3 cm³/mol. The smallest absolute Gasteiger partial charge is 0.264 e. The largest absolute Gasteiger partial charge is 0.378 e. The Morgan fingerprint density at radius 1 is 1.44 bits per heavy atom. The maximum absolute atomic E-state index is 12.5. The summed E-state index contributed by atoms with van der Waals surface area (Å²) in [5.74, 6) is 0.0783. The molecule has 1 saturated heterocycles. The van der Waals surface area contributed by atoms with E-state index in [-0.39, 0.29) is 11.5 Å². The van der Waals surface area contributed by atoms with Gasteiger partial charge in [0.2, 0.25) is 0 Å². The van der Waals surface area contributed by atoms with Crippen molar-refractivity contribution in [2.45, 2.75) is 31.8 Å². The molecule has 3 heterocycles. The first kappa shape index (κ1) is 17.3. The van der Waals surface area contributed by atoms with E-state index in [4.69, 9.17) is 4.74 Å². The van der Waals surface area contributed by atoms with Gasteiger partial charge in [-0.15, -0.1) is 0 Å². The average molecular weight is 342 g/mol. The van der Waals surface area contributed by atoms with Crippen LogP contribution < -0.4 is 5.56 Å². The highest BCUT2D eigenvalue weighted by atomic mass is 16.5. The number of ether oxygens (including phenoxy) is 1. The van der Waals surface area contributed by atoms with Crippen LogP contribution in [-0.4, -0.2) is 52.1 Å². The molecule has 1 aliphatic heterocycles. The van der Waals surface area contributed by atoms with Crippen LogP contribution in [-0.2, 0) is 4.74 Å². The molecule has 0 radical (unpaired) electrons. The van der Waals surface area contributed by atoms with Crippen LogP contribution in [0.5, 0.6) is 0 Å². The van der Waals surface area contributed by atoms with E-state index >= 15 is 0 Å². The Bertz CT molecular complexity index is 769. The summed E-state index contributed by atoms with van der Waals surface area (Å²) in [6.07, 6.45) is 8.90. The summed E-state index contributed by atoms with van der Waals surface area (Å²) in [5, 5.41) is 0. The zero-order valence-electron chi connectivity index (χ0n) is 14.3. The molecule has 7 nitrogen and oxygen atoms in total. The van der Waals surface area contributed by atoms with E-state index < -0.39 is 5.56 Å². The summed E-state index contributed by atoms with van der Waals surface area (Å²) < 4.78 is 5.58. The minimum absolute atomic E-state index is 0.0484. The standard InChI is InChI=1S/C18H22N4O3/c1-22(9-3-6-14-7-4-10-25-14)18(24)15-12-20-16(21-17(15)23)13-5-2-8-19-11-13/h2,5,8,11-12,14H,3-4,6-7,9-10H2,1H3,(H,20,21,23)/t14-/m1/s1. The molecule has 1 fully saturated rings. The van der Waals surface area contributed by atoms with Gasteiger partial charge in [0.25, 0.3) is 11.5 Å². The zero-order chi connectivity index (χ0) is 17.6. The van der Waals surface area contributed by atoms with Gasteiger partial charge in [-0.05, 0) is 37.8 Å². The van der Waals surface area contributed by atoms with Gasteiger partial charge in [0.1, 0.15) is 11.4 Å². The summed E-state index contributed by atoms with van der Waals surface area (Å²) >= 11 is 0. The summed E-state index contributed by atoms with van der Waals surface area (Å²) in [4.78, 5) is 37.1. The minimum Gasteiger partial charge on any atom is -0.378 e. The number of nitrogens with one attached hydrogen (secondary N) is 1. The summed E-state index contributed by atoms with van der Waals surface area (Å²) in [5.41, 5.74) is 0.306. The van der Waals surface area contributed by atoms with Crippen molar-refractivity contribution < 1.29 is 9.53 Å². The Labute approximate surface area is 146 Å². The van der Waals surface area contributed by atoms with Crippen LogP contribution in [0.2, 0.25) is 0 Å². The molecular weight excluding hydrogens is 320 g/mol. The molecular formula is C18H22N4O3. The van der Waals surface area contributed by atoms with Gasteiger partial charge >= 0.3 is 0 Å². The monoisotopic (exact) mass is 342 g/mol. The van der Waals surface area contributed by atoms with Gasteiger partial charge in [-0.1, -0.05) is 0 Å². The van der Waals surface area contributed by atoms with E-state index in [0.717, 1.165) is 32.3 Å². The van der Waals surface area contributed by atoms with Gasteiger partial charge in [-0.25, -0.2) is 4.98 Å². The van der Waals surface area contributed by atoms with Crippen molar-refractivity contribution in [3.63, 3.8) is 0 Å². The lowest BCUT2D eigenvalue weighted by molar-refractivity contribution is 0.0761. The molecule has 3 rings (SSSR count). The Kier molecular flexibility index (Phi) is 5.55. The Morgan fingerprint density at radius 3 is 3.00 bits per heavy atom. The van der Waals surface area contributed by atoms with E-state index in [1.807, 2.05) is 0 Å². The molecule has 0 saturated carbocycles. The molecule has 1 amide bonds. The lowest BCUT2D eigenvalue weighted by Gasteiger charge is -2.18. The lowest BCUT2D eigenvalue weighted by Crippen LogP contribution is -2.33. The van der Waals surface area contributed by atoms with Crippen molar-refractivity contribution in [3.8, 4) is 11.4 Å².